The molecule has 0 radical (unpaired) electrons. The lowest BCUT2D eigenvalue weighted by atomic mass is 10.2. The Hall–Kier alpha value is -1.34. The van der Waals surface area contributed by atoms with Gasteiger partial charge < -0.3 is 0 Å². The van der Waals surface area contributed by atoms with E-state index in [2.05, 4.69) is 4.98 Å². The summed E-state index contributed by atoms with van der Waals surface area (Å²) in [5.74, 6) is -2.41. The topological polar surface area (TPSA) is 12.9 Å². The molecule has 0 aromatic carbocycles. The lowest BCUT2D eigenvalue weighted by Gasteiger charge is -2.11. The van der Waals surface area contributed by atoms with Gasteiger partial charge in [-0.15, -0.1) is 0 Å². The van der Waals surface area contributed by atoms with Crippen molar-refractivity contribution in [2.75, 3.05) is 0 Å². The number of rotatable bonds is 0. The predicted octanol–water partition coefficient (Wildman–Crippen LogP) is 3.26. The van der Waals surface area contributed by atoms with Gasteiger partial charge >= 0.3 is 12.4 Å². The summed E-state index contributed by atoms with van der Waals surface area (Å²) < 4.78 is 84.5. The summed E-state index contributed by atoms with van der Waals surface area (Å²) in [5, 5.41) is 0. The average molecular weight is 233 g/mol. The fourth-order valence-electron chi connectivity index (χ4n) is 0.860. The Balaban J connectivity index is 3.37. The summed E-state index contributed by atoms with van der Waals surface area (Å²) in [5.41, 5.74) is -4.15. The summed E-state index contributed by atoms with van der Waals surface area (Å²) in [6.45, 7) is 0. The minimum Gasteiger partial charge on any atom is -0.249 e. The zero-order valence-corrected chi connectivity index (χ0v) is 6.75. The van der Waals surface area contributed by atoms with E-state index >= 15 is 0 Å². The van der Waals surface area contributed by atoms with Gasteiger partial charge in [-0.2, -0.15) is 26.3 Å². The largest absolute Gasteiger partial charge is 0.436 e. The highest BCUT2D eigenvalue weighted by atomic mass is 19.4. The van der Waals surface area contributed by atoms with Gasteiger partial charge in [0.25, 0.3) is 0 Å². The first-order valence-corrected chi connectivity index (χ1v) is 3.43. The van der Waals surface area contributed by atoms with Crippen molar-refractivity contribution in [3.05, 3.63) is 29.3 Å². The van der Waals surface area contributed by atoms with Crippen LogP contribution in [0.1, 0.15) is 11.3 Å². The first kappa shape index (κ1) is 11.7. The molecular formula is C7H2F7N. The van der Waals surface area contributed by atoms with E-state index in [1.165, 1.54) is 0 Å². The summed E-state index contributed by atoms with van der Waals surface area (Å²) >= 11 is 0. The Morgan fingerprint density at radius 2 is 1.47 bits per heavy atom. The van der Waals surface area contributed by atoms with Crippen LogP contribution in [0.2, 0.25) is 0 Å². The maximum atomic E-state index is 12.8. The molecule has 1 nitrogen and oxygen atoms in total. The van der Waals surface area contributed by atoms with Gasteiger partial charge in [-0.05, 0) is 6.07 Å². The second kappa shape index (κ2) is 3.35. The summed E-state index contributed by atoms with van der Waals surface area (Å²) in [6.07, 6.45) is -10.2. The number of halogens is 7. The van der Waals surface area contributed by atoms with E-state index in [0.717, 1.165) is 0 Å². The van der Waals surface area contributed by atoms with Crippen molar-refractivity contribution in [3.8, 4) is 0 Å². The van der Waals surface area contributed by atoms with Gasteiger partial charge in [0, 0.05) is 6.20 Å². The van der Waals surface area contributed by atoms with Crippen molar-refractivity contribution < 1.29 is 30.7 Å². The number of nitrogens with zero attached hydrogens (tertiary/aromatic N) is 1. The molecule has 1 heterocycles. The van der Waals surface area contributed by atoms with Crippen molar-refractivity contribution in [1.29, 1.82) is 0 Å². The zero-order valence-electron chi connectivity index (χ0n) is 6.75. The van der Waals surface area contributed by atoms with Gasteiger partial charge in [0.15, 0.2) is 11.5 Å². The molecule has 0 fully saturated rings. The highest BCUT2D eigenvalue weighted by Crippen LogP contribution is 2.36. The third-order valence-corrected chi connectivity index (χ3v) is 1.46. The van der Waals surface area contributed by atoms with Crippen molar-refractivity contribution in [1.82, 2.24) is 4.98 Å². The summed E-state index contributed by atoms with van der Waals surface area (Å²) in [4.78, 5) is 2.52. The molecule has 0 aliphatic carbocycles. The Kier molecular flexibility index (Phi) is 2.62. The molecule has 1 aromatic rings. The molecule has 15 heavy (non-hydrogen) atoms. The molecular weight excluding hydrogens is 231 g/mol. The number of alkyl halides is 6. The number of hydrogen-bond donors (Lipinski definition) is 0. The standard InChI is InChI=1S/C7H2F7N/c8-4-3(6(9,10)11)1-2-15-5(4)7(12,13)14/h1-2H. The SMILES string of the molecule is Fc1c(C(F)(F)F)ccnc1C(F)(F)F. The van der Waals surface area contributed by atoms with Crippen molar-refractivity contribution in [2.24, 2.45) is 0 Å². The monoisotopic (exact) mass is 233 g/mol. The van der Waals surface area contributed by atoms with Gasteiger partial charge in [0.05, 0.1) is 5.56 Å². The smallest absolute Gasteiger partial charge is 0.249 e. The van der Waals surface area contributed by atoms with Gasteiger partial charge in [0.1, 0.15) is 0 Å². The third-order valence-electron chi connectivity index (χ3n) is 1.46. The van der Waals surface area contributed by atoms with E-state index in [0.29, 0.717) is 0 Å². The van der Waals surface area contributed by atoms with Gasteiger partial charge in [-0.1, -0.05) is 0 Å². The Bertz CT molecular complexity index is 332. The van der Waals surface area contributed by atoms with Gasteiger partial charge in [-0.25, -0.2) is 9.37 Å². The van der Waals surface area contributed by atoms with Crippen LogP contribution in [0.3, 0.4) is 0 Å². The van der Waals surface area contributed by atoms with Crippen molar-refractivity contribution in [3.63, 3.8) is 0 Å². The zero-order chi connectivity index (χ0) is 11.9. The molecule has 0 unspecified atom stereocenters. The average Bonchev–Trinajstić information content (AvgIpc) is 1.99. The van der Waals surface area contributed by atoms with Crippen LogP contribution in [-0.2, 0) is 12.4 Å². The van der Waals surface area contributed by atoms with E-state index in [-0.39, 0.29) is 12.3 Å². The second-order valence-corrected chi connectivity index (χ2v) is 2.52. The van der Waals surface area contributed by atoms with Crippen LogP contribution in [-0.4, -0.2) is 4.98 Å². The molecule has 0 saturated carbocycles. The van der Waals surface area contributed by atoms with E-state index in [9.17, 15) is 30.7 Å². The van der Waals surface area contributed by atoms with Crippen LogP contribution in [0, 0.1) is 5.82 Å². The van der Waals surface area contributed by atoms with Crippen LogP contribution in [0.4, 0.5) is 30.7 Å². The van der Waals surface area contributed by atoms with Crippen LogP contribution in [0.25, 0.3) is 0 Å². The van der Waals surface area contributed by atoms with Gasteiger partial charge in [0.2, 0.25) is 0 Å². The lowest BCUT2D eigenvalue weighted by molar-refractivity contribution is -0.150. The maximum Gasteiger partial charge on any atom is 0.436 e. The fourth-order valence-corrected chi connectivity index (χ4v) is 0.860. The molecule has 8 heteroatoms. The van der Waals surface area contributed by atoms with Crippen LogP contribution in [0.5, 0.6) is 0 Å². The molecule has 0 bridgehead atoms. The number of aromatic nitrogens is 1. The molecule has 0 N–H and O–H groups in total. The molecule has 0 spiro atoms. The van der Waals surface area contributed by atoms with Crippen molar-refractivity contribution in [2.45, 2.75) is 12.4 Å². The Morgan fingerprint density at radius 1 is 0.933 bits per heavy atom. The molecule has 0 atom stereocenters. The van der Waals surface area contributed by atoms with E-state index in [1.54, 1.807) is 0 Å². The highest BCUT2D eigenvalue weighted by Gasteiger charge is 2.42. The maximum absolute atomic E-state index is 12.8. The lowest BCUT2D eigenvalue weighted by Crippen LogP contribution is -2.16. The minimum absolute atomic E-state index is 0.143. The van der Waals surface area contributed by atoms with Crippen LogP contribution >= 0.6 is 0 Å². The van der Waals surface area contributed by atoms with Crippen molar-refractivity contribution >= 4 is 0 Å². The number of hydrogen-bond acceptors (Lipinski definition) is 1. The highest BCUT2D eigenvalue weighted by molar-refractivity contribution is 5.23. The molecule has 0 saturated heterocycles. The van der Waals surface area contributed by atoms with E-state index in [1.807, 2.05) is 0 Å². The Labute approximate surface area is 78.5 Å². The van der Waals surface area contributed by atoms with Crippen LogP contribution in [0.15, 0.2) is 12.3 Å². The molecule has 0 aliphatic rings. The first-order chi connectivity index (χ1) is 6.64. The normalized spacial score (nSPS) is 13.0. The first-order valence-electron chi connectivity index (χ1n) is 3.43. The van der Waals surface area contributed by atoms with E-state index in [4.69, 9.17) is 0 Å². The molecule has 84 valence electrons. The van der Waals surface area contributed by atoms with Gasteiger partial charge in [-0.3, -0.25) is 0 Å². The fraction of sp³-hybridized carbons (Fsp3) is 0.286. The minimum atomic E-state index is -5.24. The van der Waals surface area contributed by atoms with E-state index < -0.39 is 29.4 Å². The molecule has 0 aliphatic heterocycles. The summed E-state index contributed by atoms with van der Waals surface area (Å²) in [7, 11) is 0. The molecule has 0 amide bonds. The second-order valence-electron chi connectivity index (χ2n) is 2.52. The molecule has 1 aromatic heterocycles. The van der Waals surface area contributed by atoms with Crippen LogP contribution < -0.4 is 0 Å². The quantitative estimate of drug-likeness (QED) is 0.626. The third kappa shape index (κ3) is 2.37. The predicted molar refractivity (Wildman–Crippen MR) is 34.2 cm³/mol. The Morgan fingerprint density at radius 3 is 1.87 bits per heavy atom. The summed E-state index contributed by atoms with van der Waals surface area (Å²) in [6, 6.07) is 0.143. The number of pyridine rings is 1. The molecule has 1 rings (SSSR count).